The Labute approximate surface area is 196 Å². The zero-order valence-electron chi connectivity index (χ0n) is 19.4. The number of fused-ring (bicyclic) bond motifs is 1. The molecule has 5 rings (SSSR count). The van der Waals surface area contributed by atoms with Crippen molar-refractivity contribution in [3.63, 3.8) is 0 Å². The van der Waals surface area contributed by atoms with Crippen LogP contribution in [0.5, 0.6) is 0 Å². The molecule has 1 heterocycles. The molecule has 7 heteroatoms. The molecule has 3 fully saturated rings. The molecule has 3 aliphatic rings. The van der Waals surface area contributed by atoms with Gasteiger partial charge in [-0.3, -0.25) is 4.79 Å². The quantitative estimate of drug-likeness (QED) is 0.676. The number of amides is 1. The molecule has 6 nitrogen and oxygen atoms in total. The second-order valence-electron chi connectivity index (χ2n) is 10.5. The summed E-state index contributed by atoms with van der Waals surface area (Å²) in [4.78, 5) is 11.5. The lowest BCUT2D eigenvalue weighted by Gasteiger charge is -2.53. The minimum absolute atomic E-state index is 0.00462. The van der Waals surface area contributed by atoms with Crippen molar-refractivity contribution in [3.8, 4) is 0 Å². The number of nitrogens with one attached hydrogen (secondary N) is 2. The highest BCUT2D eigenvalue weighted by atomic mass is 32.2. The Morgan fingerprint density at radius 3 is 2.42 bits per heavy atom. The zero-order valence-corrected chi connectivity index (χ0v) is 20.2. The van der Waals surface area contributed by atoms with E-state index in [0.717, 1.165) is 19.3 Å². The van der Waals surface area contributed by atoms with Gasteiger partial charge in [-0.1, -0.05) is 44.2 Å². The van der Waals surface area contributed by atoms with Crippen LogP contribution in [0.4, 0.5) is 5.69 Å². The van der Waals surface area contributed by atoms with Crippen molar-refractivity contribution < 1.29 is 17.9 Å². The third-order valence-corrected chi connectivity index (χ3v) is 9.83. The first-order valence-electron chi connectivity index (χ1n) is 11.7. The lowest BCUT2D eigenvalue weighted by Crippen LogP contribution is -2.58. The third kappa shape index (κ3) is 3.70. The number of hydrogen-bond acceptors (Lipinski definition) is 4. The van der Waals surface area contributed by atoms with Crippen molar-refractivity contribution in [2.45, 2.75) is 57.1 Å². The number of benzene rings is 2. The number of rotatable bonds is 5. The average Bonchev–Trinajstić information content (AvgIpc) is 3.27. The maximum atomic E-state index is 13.5. The van der Waals surface area contributed by atoms with E-state index in [9.17, 15) is 13.2 Å². The summed E-state index contributed by atoms with van der Waals surface area (Å²) in [5, 5.41) is 2.68. The fraction of sp³-hybridized carbons (Fsp3) is 0.500. The van der Waals surface area contributed by atoms with Crippen LogP contribution in [0.25, 0.3) is 0 Å². The summed E-state index contributed by atoms with van der Waals surface area (Å²) in [6, 6.07) is 16.5. The molecule has 2 aromatic rings. The van der Waals surface area contributed by atoms with Crippen molar-refractivity contribution in [3.05, 3.63) is 60.2 Å². The first kappa shape index (κ1) is 22.6. The minimum Gasteiger partial charge on any atom is -0.373 e. The van der Waals surface area contributed by atoms with E-state index in [0.29, 0.717) is 24.1 Å². The summed E-state index contributed by atoms with van der Waals surface area (Å²) in [6.07, 6.45) is 2.97. The van der Waals surface area contributed by atoms with E-state index < -0.39 is 10.0 Å². The molecular weight excluding hydrogens is 436 g/mol. The molecule has 0 aromatic heterocycles. The molecule has 0 radical (unpaired) electrons. The van der Waals surface area contributed by atoms with Gasteiger partial charge in [-0.2, -0.15) is 0 Å². The van der Waals surface area contributed by atoms with Crippen LogP contribution in [0.1, 0.15) is 51.7 Å². The topological polar surface area (TPSA) is 84.5 Å². The van der Waals surface area contributed by atoms with Crippen LogP contribution in [0.3, 0.4) is 0 Å². The fourth-order valence-electron chi connectivity index (χ4n) is 6.84. The highest BCUT2D eigenvalue weighted by Gasteiger charge is 2.68. The molecule has 1 saturated heterocycles. The highest BCUT2D eigenvalue weighted by Crippen LogP contribution is 2.70. The lowest BCUT2D eigenvalue weighted by molar-refractivity contribution is -0.118. The van der Waals surface area contributed by atoms with E-state index in [4.69, 9.17) is 4.74 Å². The van der Waals surface area contributed by atoms with Crippen LogP contribution >= 0.6 is 0 Å². The molecule has 1 spiro atoms. The molecule has 33 heavy (non-hydrogen) atoms. The van der Waals surface area contributed by atoms with Gasteiger partial charge in [0.25, 0.3) is 0 Å². The molecule has 1 aliphatic heterocycles. The van der Waals surface area contributed by atoms with Gasteiger partial charge in [-0.25, -0.2) is 13.1 Å². The van der Waals surface area contributed by atoms with Gasteiger partial charge in [0.15, 0.2) is 0 Å². The minimum atomic E-state index is -3.72. The summed E-state index contributed by atoms with van der Waals surface area (Å²) in [7, 11) is -3.72. The van der Waals surface area contributed by atoms with Gasteiger partial charge in [-0.05, 0) is 71.8 Å². The smallest absolute Gasteiger partial charge is 0.240 e. The SMILES string of the molecule is CC(=O)Nc1ccc(S(=O)(=O)N[C@H]2C(C)(C)[C@@H]3C[C@@H]4[C@@H](c5ccccc5)OCCC42C3)cc1. The standard InChI is InChI=1S/C26H32N2O4S/c1-17(29)27-20-9-11-21(12-10-20)33(30,31)28-24-25(2,3)19-15-22-23(18-7-5-4-6-8-18)32-14-13-26(22,24)16-19/h4-12,19,22-24,28H,13-16H2,1-3H3,(H,27,29)/t19-,22-,23-,24+,26?/m1/s1. The van der Waals surface area contributed by atoms with Crippen LogP contribution in [-0.2, 0) is 19.6 Å². The van der Waals surface area contributed by atoms with Crippen molar-refractivity contribution in [2.75, 3.05) is 11.9 Å². The van der Waals surface area contributed by atoms with Gasteiger partial charge in [0.1, 0.15) is 0 Å². The maximum Gasteiger partial charge on any atom is 0.240 e. The molecule has 176 valence electrons. The second-order valence-corrected chi connectivity index (χ2v) is 12.2. The van der Waals surface area contributed by atoms with Crippen molar-refractivity contribution in [2.24, 2.45) is 22.7 Å². The van der Waals surface area contributed by atoms with E-state index in [2.05, 4.69) is 36.0 Å². The number of hydrogen-bond donors (Lipinski definition) is 2. The van der Waals surface area contributed by atoms with Crippen LogP contribution in [-0.4, -0.2) is 27.0 Å². The summed E-state index contributed by atoms with van der Waals surface area (Å²) in [5.41, 5.74) is 1.51. The van der Waals surface area contributed by atoms with Crippen LogP contribution in [0.15, 0.2) is 59.5 Å². The Bertz CT molecular complexity index is 1150. The van der Waals surface area contributed by atoms with Gasteiger partial charge in [-0.15, -0.1) is 0 Å². The van der Waals surface area contributed by atoms with Crippen LogP contribution < -0.4 is 10.0 Å². The molecule has 2 aromatic carbocycles. The predicted molar refractivity (Wildman–Crippen MR) is 127 cm³/mol. The molecule has 2 N–H and O–H groups in total. The Morgan fingerprint density at radius 2 is 1.76 bits per heavy atom. The Balaban J connectivity index is 1.45. The van der Waals surface area contributed by atoms with Gasteiger partial charge in [0.05, 0.1) is 11.0 Å². The number of sulfonamides is 1. The normalized spacial score (nSPS) is 32.3. The molecule has 1 amide bonds. The van der Waals surface area contributed by atoms with Gasteiger partial charge >= 0.3 is 0 Å². The number of carbonyl (C=O) groups excluding carboxylic acids is 1. The maximum absolute atomic E-state index is 13.5. The van der Waals surface area contributed by atoms with Gasteiger partial charge < -0.3 is 10.1 Å². The Kier molecular flexibility index (Phi) is 5.42. The zero-order chi connectivity index (χ0) is 23.4. The summed E-state index contributed by atoms with van der Waals surface area (Å²) >= 11 is 0. The molecule has 2 bridgehead atoms. The first-order valence-corrected chi connectivity index (χ1v) is 13.2. The van der Waals surface area contributed by atoms with Crippen LogP contribution in [0, 0.1) is 22.7 Å². The molecule has 5 atom stereocenters. The summed E-state index contributed by atoms with van der Waals surface area (Å²) in [6.45, 7) is 6.49. The summed E-state index contributed by atoms with van der Waals surface area (Å²) in [5.74, 6) is 0.553. The molecular formula is C26H32N2O4S. The van der Waals surface area contributed by atoms with Crippen molar-refractivity contribution in [1.82, 2.24) is 4.72 Å². The van der Waals surface area contributed by atoms with Gasteiger partial charge in [0, 0.05) is 25.3 Å². The first-order chi connectivity index (χ1) is 15.6. The van der Waals surface area contributed by atoms with E-state index in [1.165, 1.54) is 12.5 Å². The highest BCUT2D eigenvalue weighted by molar-refractivity contribution is 7.89. The summed E-state index contributed by atoms with van der Waals surface area (Å²) < 4.78 is 36.4. The molecule has 2 saturated carbocycles. The largest absolute Gasteiger partial charge is 0.373 e. The number of anilines is 1. The average molecular weight is 469 g/mol. The number of carbonyl (C=O) groups is 1. The monoisotopic (exact) mass is 468 g/mol. The second kappa shape index (κ2) is 7.93. The van der Waals surface area contributed by atoms with Crippen LogP contribution in [0.2, 0.25) is 0 Å². The number of ether oxygens (including phenoxy) is 1. The molecule has 2 aliphatic carbocycles. The van der Waals surface area contributed by atoms with E-state index >= 15 is 0 Å². The third-order valence-electron chi connectivity index (χ3n) is 8.39. The predicted octanol–water partition coefficient (Wildman–Crippen LogP) is 4.51. The lowest BCUT2D eigenvalue weighted by atomic mass is 9.59. The van der Waals surface area contributed by atoms with E-state index in [1.54, 1.807) is 24.3 Å². The molecule has 1 unspecified atom stereocenters. The van der Waals surface area contributed by atoms with Crippen molar-refractivity contribution in [1.29, 1.82) is 0 Å². The van der Waals surface area contributed by atoms with E-state index in [1.807, 2.05) is 18.2 Å². The Morgan fingerprint density at radius 1 is 1.06 bits per heavy atom. The van der Waals surface area contributed by atoms with Crippen molar-refractivity contribution >= 4 is 21.6 Å². The Hall–Kier alpha value is -2.22. The van der Waals surface area contributed by atoms with E-state index in [-0.39, 0.29) is 33.8 Å². The van der Waals surface area contributed by atoms with Gasteiger partial charge in [0.2, 0.25) is 15.9 Å². The fourth-order valence-corrected chi connectivity index (χ4v) is 8.32.